The predicted octanol–water partition coefficient (Wildman–Crippen LogP) is 2.93. The van der Waals surface area contributed by atoms with Crippen molar-refractivity contribution in [3.8, 4) is 0 Å². The molecule has 1 unspecified atom stereocenters. The van der Waals surface area contributed by atoms with E-state index >= 15 is 0 Å². The number of hydrogen-bond acceptors (Lipinski definition) is 2. The van der Waals surface area contributed by atoms with Crippen LogP contribution in [0.5, 0.6) is 0 Å². The maximum Gasteiger partial charge on any atom is 0.00355 e. The van der Waals surface area contributed by atoms with Gasteiger partial charge in [-0.15, -0.1) is 0 Å². The third-order valence-electron chi connectivity index (χ3n) is 4.60. The molecule has 2 heteroatoms. The molecule has 1 aliphatic heterocycles. The van der Waals surface area contributed by atoms with Crippen LogP contribution in [0.4, 0.5) is 0 Å². The quantitative estimate of drug-likeness (QED) is 0.882. The van der Waals surface area contributed by atoms with E-state index in [1.165, 1.54) is 44.5 Å². The molecule has 0 bridgehead atoms. The fraction of sp³-hybridized carbons (Fsp3) is 0.647. The van der Waals surface area contributed by atoms with Crippen LogP contribution in [-0.4, -0.2) is 31.1 Å². The van der Waals surface area contributed by atoms with Crippen molar-refractivity contribution in [3.05, 3.63) is 35.9 Å². The molecule has 0 amide bonds. The van der Waals surface area contributed by atoms with Crippen molar-refractivity contribution in [2.75, 3.05) is 26.2 Å². The average Bonchev–Trinajstić information content (AvgIpc) is 2.40. The molecule has 0 saturated carbocycles. The molecule has 2 nitrogen and oxygen atoms in total. The van der Waals surface area contributed by atoms with Crippen molar-refractivity contribution in [1.82, 2.24) is 4.90 Å². The molecule has 2 rings (SSSR count). The molecule has 1 fully saturated rings. The van der Waals surface area contributed by atoms with Gasteiger partial charge in [0.2, 0.25) is 0 Å². The SMILES string of the molecule is CC1(C)CN(CCc2ccccc2)CCC1CCN. The highest BCUT2D eigenvalue weighted by atomic mass is 15.1. The van der Waals surface area contributed by atoms with Gasteiger partial charge in [0, 0.05) is 13.1 Å². The van der Waals surface area contributed by atoms with E-state index in [1.807, 2.05) is 0 Å². The molecule has 1 saturated heterocycles. The number of piperidine rings is 1. The molecule has 0 aromatic heterocycles. The Morgan fingerprint density at radius 2 is 2.00 bits per heavy atom. The van der Waals surface area contributed by atoms with Crippen LogP contribution in [0.25, 0.3) is 0 Å². The van der Waals surface area contributed by atoms with E-state index < -0.39 is 0 Å². The van der Waals surface area contributed by atoms with Crippen LogP contribution in [0.15, 0.2) is 30.3 Å². The summed E-state index contributed by atoms with van der Waals surface area (Å²) >= 11 is 0. The van der Waals surface area contributed by atoms with E-state index in [9.17, 15) is 0 Å². The lowest BCUT2D eigenvalue weighted by Gasteiger charge is -2.44. The van der Waals surface area contributed by atoms with Gasteiger partial charge >= 0.3 is 0 Å². The molecule has 1 aromatic carbocycles. The van der Waals surface area contributed by atoms with Gasteiger partial charge in [-0.25, -0.2) is 0 Å². The van der Waals surface area contributed by atoms with Gasteiger partial charge in [0.25, 0.3) is 0 Å². The molecule has 0 spiro atoms. The van der Waals surface area contributed by atoms with E-state index in [0.29, 0.717) is 5.41 Å². The fourth-order valence-electron chi connectivity index (χ4n) is 3.37. The van der Waals surface area contributed by atoms with E-state index in [2.05, 4.69) is 49.1 Å². The molecule has 1 aromatic rings. The Labute approximate surface area is 118 Å². The van der Waals surface area contributed by atoms with Gasteiger partial charge in [0.15, 0.2) is 0 Å². The van der Waals surface area contributed by atoms with Crippen LogP contribution in [0, 0.1) is 11.3 Å². The van der Waals surface area contributed by atoms with Crippen molar-refractivity contribution in [1.29, 1.82) is 0 Å². The zero-order valence-corrected chi connectivity index (χ0v) is 12.4. The van der Waals surface area contributed by atoms with Crippen LogP contribution in [0.1, 0.15) is 32.3 Å². The van der Waals surface area contributed by atoms with E-state index in [0.717, 1.165) is 12.5 Å². The topological polar surface area (TPSA) is 29.3 Å². The predicted molar refractivity (Wildman–Crippen MR) is 82.1 cm³/mol. The molecule has 106 valence electrons. The van der Waals surface area contributed by atoms with Gasteiger partial charge in [-0.05, 0) is 49.2 Å². The smallest absolute Gasteiger partial charge is 0.00355 e. The first-order valence-electron chi connectivity index (χ1n) is 7.58. The van der Waals surface area contributed by atoms with Crippen LogP contribution >= 0.6 is 0 Å². The third kappa shape index (κ3) is 4.05. The summed E-state index contributed by atoms with van der Waals surface area (Å²) in [6, 6.07) is 10.8. The van der Waals surface area contributed by atoms with Crippen LogP contribution in [0.3, 0.4) is 0 Å². The lowest BCUT2D eigenvalue weighted by molar-refractivity contribution is 0.0525. The summed E-state index contributed by atoms with van der Waals surface area (Å²) in [6.07, 6.45) is 3.65. The molecular weight excluding hydrogens is 232 g/mol. The van der Waals surface area contributed by atoms with E-state index in [1.54, 1.807) is 0 Å². The molecule has 1 heterocycles. The third-order valence-corrected chi connectivity index (χ3v) is 4.60. The molecule has 0 aliphatic carbocycles. The largest absolute Gasteiger partial charge is 0.330 e. The number of likely N-dealkylation sites (tertiary alicyclic amines) is 1. The highest BCUT2D eigenvalue weighted by molar-refractivity contribution is 5.14. The molecule has 19 heavy (non-hydrogen) atoms. The second-order valence-corrected chi connectivity index (χ2v) is 6.56. The highest BCUT2D eigenvalue weighted by Crippen LogP contribution is 2.36. The zero-order valence-electron chi connectivity index (χ0n) is 12.4. The highest BCUT2D eigenvalue weighted by Gasteiger charge is 2.34. The number of nitrogens with two attached hydrogens (primary N) is 1. The van der Waals surface area contributed by atoms with Gasteiger partial charge in [0.1, 0.15) is 0 Å². The standard InChI is InChI=1S/C17H28N2/c1-17(2)14-19(13-10-16(17)8-11-18)12-9-15-6-4-3-5-7-15/h3-7,16H,8-14,18H2,1-2H3. The fourth-order valence-corrected chi connectivity index (χ4v) is 3.37. The van der Waals surface area contributed by atoms with Gasteiger partial charge < -0.3 is 10.6 Å². The van der Waals surface area contributed by atoms with Gasteiger partial charge in [0.05, 0.1) is 0 Å². The van der Waals surface area contributed by atoms with Gasteiger partial charge in [-0.3, -0.25) is 0 Å². The first kappa shape index (κ1) is 14.5. The molecular formula is C17H28N2. The molecule has 1 atom stereocenters. The van der Waals surface area contributed by atoms with Crippen LogP contribution < -0.4 is 5.73 Å². The maximum absolute atomic E-state index is 5.74. The average molecular weight is 260 g/mol. The summed E-state index contributed by atoms with van der Waals surface area (Å²) in [7, 11) is 0. The summed E-state index contributed by atoms with van der Waals surface area (Å²) in [4.78, 5) is 2.63. The Bertz CT molecular complexity index is 372. The summed E-state index contributed by atoms with van der Waals surface area (Å²) < 4.78 is 0. The minimum atomic E-state index is 0.411. The number of rotatable bonds is 5. The van der Waals surface area contributed by atoms with Crippen LogP contribution in [-0.2, 0) is 6.42 Å². The summed E-state index contributed by atoms with van der Waals surface area (Å²) in [5, 5.41) is 0. The minimum absolute atomic E-state index is 0.411. The zero-order chi connectivity index (χ0) is 13.7. The van der Waals surface area contributed by atoms with Crippen molar-refractivity contribution in [2.24, 2.45) is 17.1 Å². The molecule has 1 aliphatic rings. The van der Waals surface area contributed by atoms with E-state index in [-0.39, 0.29) is 0 Å². The first-order chi connectivity index (χ1) is 9.12. The number of hydrogen-bond donors (Lipinski definition) is 1. The van der Waals surface area contributed by atoms with Crippen molar-refractivity contribution in [3.63, 3.8) is 0 Å². The Hall–Kier alpha value is -0.860. The van der Waals surface area contributed by atoms with Gasteiger partial charge in [-0.1, -0.05) is 44.2 Å². The lowest BCUT2D eigenvalue weighted by Crippen LogP contribution is -2.46. The van der Waals surface area contributed by atoms with Crippen LogP contribution in [0.2, 0.25) is 0 Å². The first-order valence-corrected chi connectivity index (χ1v) is 7.58. The minimum Gasteiger partial charge on any atom is -0.330 e. The lowest BCUT2D eigenvalue weighted by atomic mass is 9.72. The summed E-state index contributed by atoms with van der Waals surface area (Å²) in [5.41, 5.74) is 7.60. The summed E-state index contributed by atoms with van der Waals surface area (Å²) in [6.45, 7) is 9.27. The Balaban J connectivity index is 1.84. The van der Waals surface area contributed by atoms with Crippen molar-refractivity contribution in [2.45, 2.75) is 33.1 Å². The maximum atomic E-state index is 5.74. The second-order valence-electron chi connectivity index (χ2n) is 6.56. The monoisotopic (exact) mass is 260 g/mol. The van der Waals surface area contributed by atoms with Crippen molar-refractivity contribution < 1.29 is 0 Å². The van der Waals surface area contributed by atoms with E-state index in [4.69, 9.17) is 5.73 Å². The number of nitrogens with zero attached hydrogens (tertiary/aromatic N) is 1. The number of benzene rings is 1. The summed E-state index contributed by atoms with van der Waals surface area (Å²) in [5.74, 6) is 0.797. The molecule has 0 radical (unpaired) electrons. The molecule has 2 N–H and O–H groups in total. The Kier molecular flexibility index (Phi) is 5.00. The normalized spacial score (nSPS) is 23.4. The van der Waals surface area contributed by atoms with Crippen molar-refractivity contribution >= 4 is 0 Å². The Morgan fingerprint density at radius 3 is 2.63 bits per heavy atom. The second kappa shape index (κ2) is 6.53. The Morgan fingerprint density at radius 1 is 1.26 bits per heavy atom. The van der Waals surface area contributed by atoms with Gasteiger partial charge in [-0.2, -0.15) is 0 Å².